The van der Waals surface area contributed by atoms with Crippen LogP contribution in [0.25, 0.3) is 0 Å². The minimum absolute atomic E-state index is 0.249. The number of benzene rings is 2. The molecule has 0 spiro atoms. The van der Waals surface area contributed by atoms with E-state index in [9.17, 15) is 44.3 Å². The first-order chi connectivity index (χ1) is 14.1. The van der Waals surface area contributed by atoms with Gasteiger partial charge in [-0.15, -0.1) is 0 Å². The van der Waals surface area contributed by atoms with E-state index in [0.717, 1.165) is 26.0 Å². The summed E-state index contributed by atoms with van der Waals surface area (Å²) in [6.07, 6.45) is -12.6. The third kappa shape index (κ3) is 4.04. The summed E-state index contributed by atoms with van der Waals surface area (Å²) in [7, 11) is 0. The Kier molecular flexibility index (Phi) is 6.04. The lowest BCUT2D eigenvalue weighted by Crippen LogP contribution is -2.50. The number of halogens is 9. The van der Waals surface area contributed by atoms with E-state index in [1.54, 1.807) is 0 Å². The molecule has 3 nitrogen and oxygen atoms in total. The van der Waals surface area contributed by atoms with E-state index in [2.05, 4.69) is 0 Å². The molecule has 0 aromatic heterocycles. The molecule has 0 bridgehead atoms. The van der Waals surface area contributed by atoms with Crippen molar-refractivity contribution < 1.29 is 44.3 Å². The molecule has 0 radical (unpaired) electrons. The van der Waals surface area contributed by atoms with Crippen LogP contribution in [0.2, 0.25) is 0 Å². The Morgan fingerprint density at radius 1 is 0.903 bits per heavy atom. The zero-order chi connectivity index (χ0) is 23.9. The lowest BCUT2D eigenvalue weighted by Gasteiger charge is -2.31. The highest BCUT2D eigenvalue weighted by molar-refractivity contribution is 6.05. The van der Waals surface area contributed by atoms with E-state index in [1.807, 2.05) is 5.32 Å². The standard InChI is InChI=1S/C19H11F9N2O/c1-8-5-11(17(22,18(23,24)25)19(26,27)28)6-9(2)15(8)30-16(31)12-4-3-10(7-29)13(20)14(12)21/h3-6H,1-2H3,(H,30,31). The fraction of sp³-hybridized carbons (Fsp3) is 0.263. The van der Waals surface area contributed by atoms with Crippen molar-refractivity contribution in [3.8, 4) is 6.07 Å². The first-order valence-electron chi connectivity index (χ1n) is 8.19. The van der Waals surface area contributed by atoms with E-state index in [1.165, 1.54) is 6.07 Å². The predicted octanol–water partition coefficient (Wildman–Crippen LogP) is 6.00. The van der Waals surface area contributed by atoms with Crippen LogP contribution < -0.4 is 5.32 Å². The van der Waals surface area contributed by atoms with Crippen molar-refractivity contribution in [2.75, 3.05) is 5.32 Å². The summed E-state index contributed by atoms with van der Waals surface area (Å²) in [6, 6.07) is 3.42. The molecule has 0 fully saturated rings. The number of anilines is 1. The Morgan fingerprint density at radius 2 is 1.39 bits per heavy atom. The fourth-order valence-electron chi connectivity index (χ4n) is 2.84. The second-order valence-corrected chi connectivity index (χ2v) is 6.49. The molecule has 0 aliphatic carbocycles. The minimum Gasteiger partial charge on any atom is -0.321 e. The molecule has 0 aliphatic heterocycles. The van der Waals surface area contributed by atoms with Gasteiger partial charge in [-0.2, -0.15) is 31.6 Å². The van der Waals surface area contributed by atoms with E-state index < -0.39 is 63.4 Å². The topological polar surface area (TPSA) is 52.9 Å². The Labute approximate surface area is 169 Å². The molecule has 12 heteroatoms. The third-order valence-electron chi connectivity index (χ3n) is 4.40. The van der Waals surface area contributed by atoms with E-state index >= 15 is 0 Å². The maximum absolute atomic E-state index is 14.3. The molecule has 0 saturated carbocycles. The van der Waals surface area contributed by atoms with Crippen LogP contribution in [0.1, 0.15) is 32.6 Å². The van der Waals surface area contributed by atoms with E-state index in [0.29, 0.717) is 0 Å². The number of hydrogen-bond donors (Lipinski definition) is 1. The number of alkyl halides is 7. The van der Waals surface area contributed by atoms with Gasteiger partial charge in [0.05, 0.1) is 11.1 Å². The molecule has 0 heterocycles. The second kappa shape index (κ2) is 7.79. The second-order valence-electron chi connectivity index (χ2n) is 6.49. The first kappa shape index (κ1) is 24.0. The largest absolute Gasteiger partial charge is 0.435 e. The molecule has 2 rings (SSSR count). The summed E-state index contributed by atoms with van der Waals surface area (Å²) in [6.45, 7) is 1.99. The molecule has 0 atom stereocenters. The first-order valence-corrected chi connectivity index (χ1v) is 8.19. The van der Waals surface area contributed by atoms with Gasteiger partial charge >= 0.3 is 18.0 Å². The number of amides is 1. The van der Waals surface area contributed by atoms with Gasteiger partial charge in [-0.25, -0.2) is 13.2 Å². The van der Waals surface area contributed by atoms with Crippen molar-refractivity contribution in [1.29, 1.82) is 5.26 Å². The van der Waals surface area contributed by atoms with Crippen molar-refractivity contribution >= 4 is 11.6 Å². The van der Waals surface area contributed by atoms with Gasteiger partial charge in [0.2, 0.25) is 0 Å². The molecular weight excluding hydrogens is 443 g/mol. The smallest absolute Gasteiger partial charge is 0.321 e. The van der Waals surface area contributed by atoms with E-state index in [-0.39, 0.29) is 17.8 Å². The monoisotopic (exact) mass is 454 g/mol. The summed E-state index contributed by atoms with van der Waals surface area (Å²) in [5, 5.41) is 10.7. The van der Waals surface area contributed by atoms with Gasteiger partial charge in [-0.1, -0.05) is 12.1 Å². The Morgan fingerprint density at radius 3 is 1.81 bits per heavy atom. The van der Waals surface area contributed by atoms with Crippen LogP contribution in [0, 0.1) is 36.8 Å². The lowest BCUT2D eigenvalue weighted by molar-refractivity contribution is -0.348. The highest BCUT2D eigenvalue weighted by Gasteiger charge is 2.73. The number of aryl methyl sites for hydroxylation is 2. The van der Waals surface area contributed by atoms with Crippen molar-refractivity contribution in [2.45, 2.75) is 31.9 Å². The van der Waals surface area contributed by atoms with Gasteiger partial charge in [0, 0.05) is 11.3 Å². The summed E-state index contributed by atoms with van der Waals surface area (Å²) in [5.74, 6) is -4.59. The summed E-state index contributed by atoms with van der Waals surface area (Å²) >= 11 is 0. The van der Waals surface area contributed by atoms with Crippen molar-refractivity contribution in [3.63, 3.8) is 0 Å². The van der Waals surface area contributed by atoms with Crippen molar-refractivity contribution in [2.24, 2.45) is 0 Å². The van der Waals surface area contributed by atoms with Crippen LogP contribution in [0.4, 0.5) is 45.2 Å². The van der Waals surface area contributed by atoms with Gasteiger partial charge in [-0.05, 0) is 37.1 Å². The molecule has 2 aromatic rings. The van der Waals surface area contributed by atoms with E-state index in [4.69, 9.17) is 5.26 Å². The van der Waals surface area contributed by atoms with Gasteiger partial charge in [-0.3, -0.25) is 4.79 Å². The fourth-order valence-corrected chi connectivity index (χ4v) is 2.84. The maximum Gasteiger partial charge on any atom is 0.435 e. The number of hydrogen-bond acceptors (Lipinski definition) is 2. The van der Waals surface area contributed by atoms with Crippen LogP contribution in [0.3, 0.4) is 0 Å². The normalized spacial score (nSPS) is 12.5. The number of rotatable bonds is 3. The number of nitrogens with zero attached hydrogens (tertiary/aromatic N) is 1. The molecule has 1 amide bonds. The number of carbonyl (C=O) groups excluding carboxylic acids is 1. The highest BCUT2D eigenvalue weighted by Crippen LogP contribution is 2.53. The molecule has 31 heavy (non-hydrogen) atoms. The van der Waals surface area contributed by atoms with Crippen LogP contribution >= 0.6 is 0 Å². The van der Waals surface area contributed by atoms with Gasteiger partial charge in [0.1, 0.15) is 6.07 Å². The number of carbonyl (C=O) groups is 1. The third-order valence-corrected chi connectivity index (χ3v) is 4.40. The zero-order valence-electron chi connectivity index (χ0n) is 15.6. The molecular formula is C19H11F9N2O. The Bertz CT molecular complexity index is 1040. The van der Waals surface area contributed by atoms with Crippen LogP contribution in [0.5, 0.6) is 0 Å². The van der Waals surface area contributed by atoms with Gasteiger partial charge in [0.25, 0.3) is 5.91 Å². The molecule has 0 saturated heterocycles. The zero-order valence-corrected chi connectivity index (χ0v) is 15.6. The van der Waals surface area contributed by atoms with Crippen LogP contribution in [-0.4, -0.2) is 18.3 Å². The molecule has 2 aromatic carbocycles. The Hall–Kier alpha value is -3.23. The SMILES string of the molecule is Cc1cc(C(F)(C(F)(F)F)C(F)(F)F)cc(C)c1NC(=O)c1ccc(C#N)c(F)c1F. The quantitative estimate of drug-likeness (QED) is 0.579. The molecule has 0 unspecified atom stereocenters. The van der Waals surface area contributed by atoms with Crippen molar-refractivity contribution in [3.05, 3.63) is 63.7 Å². The average molecular weight is 454 g/mol. The lowest BCUT2D eigenvalue weighted by atomic mass is 9.90. The molecule has 166 valence electrons. The van der Waals surface area contributed by atoms with Crippen LogP contribution in [-0.2, 0) is 5.67 Å². The number of nitrogens with one attached hydrogen (secondary N) is 1. The Balaban J connectivity index is 2.52. The predicted molar refractivity (Wildman–Crippen MR) is 89.8 cm³/mol. The van der Waals surface area contributed by atoms with Gasteiger partial charge < -0.3 is 5.32 Å². The summed E-state index contributed by atoms with van der Waals surface area (Å²) < 4.78 is 120. The summed E-state index contributed by atoms with van der Waals surface area (Å²) in [5.41, 5.74) is -10.1. The minimum atomic E-state index is -6.32. The number of nitriles is 1. The van der Waals surface area contributed by atoms with Crippen molar-refractivity contribution in [1.82, 2.24) is 0 Å². The van der Waals surface area contributed by atoms with Gasteiger partial charge in [0.15, 0.2) is 11.6 Å². The molecule has 0 aliphatic rings. The van der Waals surface area contributed by atoms with Crippen LogP contribution in [0.15, 0.2) is 24.3 Å². The molecule has 1 N–H and O–H groups in total. The summed E-state index contributed by atoms with van der Waals surface area (Å²) in [4.78, 5) is 12.3. The maximum atomic E-state index is 14.3. The average Bonchev–Trinajstić information content (AvgIpc) is 2.63. The highest BCUT2D eigenvalue weighted by atomic mass is 19.4.